The largest absolute Gasteiger partial charge is 0.344 e. The van der Waals surface area contributed by atoms with E-state index >= 15 is 0 Å². The Kier molecular flexibility index (Phi) is 4.52. The van der Waals surface area contributed by atoms with Crippen LogP contribution in [0.5, 0.6) is 0 Å². The third-order valence-corrected chi connectivity index (χ3v) is 4.29. The number of thiazole rings is 1. The minimum Gasteiger partial charge on any atom is -0.344 e. The molecule has 0 aliphatic heterocycles. The monoisotopic (exact) mass is 289 g/mol. The van der Waals surface area contributed by atoms with Gasteiger partial charge in [0.25, 0.3) is 5.91 Å². The van der Waals surface area contributed by atoms with E-state index in [0.29, 0.717) is 12.2 Å². The molecule has 4 nitrogen and oxygen atoms in total. The number of carbonyl (C=O) groups is 1. The van der Waals surface area contributed by atoms with Gasteiger partial charge >= 0.3 is 0 Å². The van der Waals surface area contributed by atoms with Crippen molar-refractivity contribution in [3.8, 4) is 0 Å². The topological polar surface area (TPSA) is 68.0 Å². The summed E-state index contributed by atoms with van der Waals surface area (Å²) >= 11 is 1.41. The zero-order valence-corrected chi connectivity index (χ0v) is 12.8. The van der Waals surface area contributed by atoms with Crippen molar-refractivity contribution in [1.82, 2.24) is 10.3 Å². The standard InChI is InChI=1S/C15H19N3OS/c1-9-5-4-6-12(10(9)2)11(3)17-15(19)13-8-20-14(7-16)18-13/h4-6,8,11H,7,16H2,1-3H3,(H,17,19). The van der Waals surface area contributed by atoms with Crippen LogP contribution in [0.25, 0.3) is 0 Å². The van der Waals surface area contributed by atoms with Gasteiger partial charge in [0.2, 0.25) is 0 Å². The van der Waals surface area contributed by atoms with Crippen LogP contribution in [0.3, 0.4) is 0 Å². The Morgan fingerprint density at radius 3 is 2.85 bits per heavy atom. The first kappa shape index (κ1) is 14.7. The second-order valence-electron chi connectivity index (χ2n) is 4.81. The molecule has 3 N–H and O–H groups in total. The van der Waals surface area contributed by atoms with E-state index in [9.17, 15) is 4.79 Å². The van der Waals surface area contributed by atoms with E-state index in [1.807, 2.05) is 19.1 Å². The number of nitrogens with one attached hydrogen (secondary N) is 1. The fraction of sp³-hybridized carbons (Fsp3) is 0.333. The molecule has 0 spiro atoms. The molecule has 106 valence electrons. The van der Waals surface area contributed by atoms with E-state index in [1.165, 1.54) is 22.5 Å². The van der Waals surface area contributed by atoms with Crippen molar-refractivity contribution in [2.24, 2.45) is 5.73 Å². The number of carbonyl (C=O) groups excluding carboxylic acids is 1. The van der Waals surface area contributed by atoms with Crippen LogP contribution >= 0.6 is 11.3 Å². The average molecular weight is 289 g/mol. The zero-order chi connectivity index (χ0) is 14.7. The van der Waals surface area contributed by atoms with Crippen LogP contribution < -0.4 is 11.1 Å². The minimum atomic E-state index is -0.158. The number of aryl methyl sites for hydroxylation is 1. The molecule has 1 atom stereocenters. The highest BCUT2D eigenvalue weighted by Gasteiger charge is 2.15. The van der Waals surface area contributed by atoms with Gasteiger partial charge in [-0.05, 0) is 37.5 Å². The Morgan fingerprint density at radius 1 is 1.45 bits per heavy atom. The van der Waals surface area contributed by atoms with Crippen LogP contribution in [0, 0.1) is 13.8 Å². The molecule has 20 heavy (non-hydrogen) atoms. The molecule has 0 radical (unpaired) electrons. The molecule has 2 rings (SSSR count). The summed E-state index contributed by atoms with van der Waals surface area (Å²) in [5, 5.41) is 5.50. The summed E-state index contributed by atoms with van der Waals surface area (Å²) in [5.41, 5.74) is 9.51. The lowest BCUT2D eigenvalue weighted by molar-refractivity contribution is 0.0935. The fourth-order valence-corrected chi connectivity index (χ4v) is 2.75. The summed E-state index contributed by atoms with van der Waals surface area (Å²) in [6, 6.07) is 6.07. The van der Waals surface area contributed by atoms with Crippen molar-refractivity contribution in [1.29, 1.82) is 0 Å². The van der Waals surface area contributed by atoms with Gasteiger partial charge in [0.1, 0.15) is 10.7 Å². The molecule has 1 unspecified atom stereocenters. The minimum absolute atomic E-state index is 0.0505. The first-order valence-electron chi connectivity index (χ1n) is 6.54. The number of benzene rings is 1. The third kappa shape index (κ3) is 3.05. The number of hydrogen-bond acceptors (Lipinski definition) is 4. The van der Waals surface area contributed by atoms with Crippen LogP contribution in [-0.4, -0.2) is 10.9 Å². The van der Waals surface area contributed by atoms with E-state index in [2.05, 4.69) is 30.2 Å². The highest BCUT2D eigenvalue weighted by molar-refractivity contribution is 7.09. The van der Waals surface area contributed by atoms with Crippen LogP contribution in [0.4, 0.5) is 0 Å². The van der Waals surface area contributed by atoms with E-state index < -0.39 is 0 Å². The van der Waals surface area contributed by atoms with Crippen molar-refractivity contribution in [2.45, 2.75) is 33.4 Å². The SMILES string of the molecule is Cc1cccc(C(C)NC(=O)c2csc(CN)n2)c1C. The molecule has 0 fully saturated rings. The van der Waals surface area contributed by atoms with E-state index in [0.717, 1.165) is 10.6 Å². The van der Waals surface area contributed by atoms with Gasteiger partial charge in [-0.25, -0.2) is 4.98 Å². The highest BCUT2D eigenvalue weighted by Crippen LogP contribution is 2.20. The molecular weight excluding hydrogens is 270 g/mol. The normalized spacial score (nSPS) is 12.2. The van der Waals surface area contributed by atoms with Crippen LogP contribution in [0.2, 0.25) is 0 Å². The molecule has 0 bridgehead atoms. The Labute approximate surface area is 123 Å². The molecule has 0 aliphatic rings. The number of aromatic nitrogens is 1. The van der Waals surface area contributed by atoms with E-state index in [1.54, 1.807) is 5.38 Å². The first-order valence-corrected chi connectivity index (χ1v) is 7.42. The summed E-state index contributed by atoms with van der Waals surface area (Å²) < 4.78 is 0. The molecule has 1 aromatic heterocycles. The van der Waals surface area contributed by atoms with Crippen LogP contribution in [0.15, 0.2) is 23.6 Å². The Hall–Kier alpha value is -1.72. The average Bonchev–Trinajstić information content (AvgIpc) is 2.90. The molecule has 2 aromatic rings. The van der Waals surface area contributed by atoms with Crippen LogP contribution in [0.1, 0.15) is 45.2 Å². The highest BCUT2D eigenvalue weighted by atomic mass is 32.1. The van der Waals surface area contributed by atoms with Crippen LogP contribution in [-0.2, 0) is 6.54 Å². The number of hydrogen-bond donors (Lipinski definition) is 2. The van der Waals surface area contributed by atoms with Gasteiger partial charge in [-0.2, -0.15) is 0 Å². The molecule has 1 heterocycles. The van der Waals surface area contributed by atoms with Gasteiger partial charge < -0.3 is 11.1 Å². The van der Waals surface area contributed by atoms with Gasteiger partial charge in [0.05, 0.1) is 6.04 Å². The molecular formula is C15H19N3OS. The smallest absolute Gasteiger partial charge is 0.271 e. The molecule has 1 aromatic carbocycles. The lowest BCUT2D eigenvalue weighted by Crippen LogP contribution is -2.27. The molecule has 0 aliphatic carbocycles. The maximum atomic E-state index is 12.1. The van der Waals surface area contributed by atoms with E-state index in [4.69, 9.17) is 5.73 Å². The second kappa shape index (κ2) is 6.15. The van der Waals surface area contributed by atoms with Gasteiger partial charge in [-0.15, -0.1) is 11.3 Å². The molecule has 1 amide bonds. The zero-order valence-electron chi connectivity index (χ0n) is 11.9. The molecule has 0 saturated carbocycles. The second-order valence-corrected chi connectivity index (χ2v) is 5.76. The fourth-order valence-electron chi connectivity index (χ4n) is 2.10. The lowest BCUT2D eigenvalue weighted by atomic mass is 9.98. The van der Waals surface area contributed by atoms with Crippen molar-refractivity contribution < 1.29 is 4.79 Å². The quantitative estimate of drug-likeness (QED) is 0.909. The Bertz CT molecular complexity index is 621. The summed E-state index contributed by atoms with van der Waals surface area (Å²) in [4.78, 5) is 16.3. The van der Waals surface area contributed by atoms with Gasteiger partial charge in [0, 0.05) is 11.9 Å². The lowest BCUT2D eigenvalue weighted by Gasteiger charge is -2.17. The van der Waals surface area contributed by atoms with Crippen molar-refractivity contribution in [2.75, 3.05) is 0 Å². The van der Waals surface area contributed by atoms with Crippen molar-refractivity contribution in [3.05, 3.63) is 51.0 Å². The number of nitrogens with zero attached hydrogens (tertiary/aromatic N) is 1. The predicted octanol–water partition coefficient (Wildman–Crippen LogP) is 2.71. The number of amides is 1. The molecule has 5 heteroatoms. The van der Waals surface area contributed by atoms with Gasteiger partial charge in [0.15, 0.2) is 0 Å². The summed E-state index contributed by atoms with van der Waals surface area (Å²) in [7, 11) is 0. The first-order chi connectivity index (χ1) is 9.52. The van der Waals surface area contributed by atoms with E-state index in [-0.39, 0.29) is 11.9 Å². The Morgan fingerprint density at radius 2 is 2.20 bits per heavy atom. The summed E-state index contributed by atoms with van der Waals surface area (Å²) in [6.45, 7) is 6.49. The van der Waals surface area contributed by atoms with Gasteiger partial charge in [-0.3, -0.25) is 4.79 Å². The van der Waals surface area contributed by atoms with Crippen molar-refractivity contribution >= 4 is 17.2 Å². The number of nitrogens with two attached hydrogens (primary N) is 1. The predicted molar refractivity (Wildman–Crippen MR) is 81.8 cm³/mol. The van der Waals surface area contributed by atoms with Crippen molar-refractivity contribution in [3.63, 3.8) is 0 Å². The maximum Gasteiger partial charge on any atom is 0.271 e. The summed E-state index contributed by atoms with van der Waals surface area (Å²) in [5.74, 6) is -0.158. The third-order valence-electron chi connectivity index (χ3n) is 3.42. The maximum absolute atomic E-state index is 12.1. The molecule has 0 saturated heterocycles. The Balaban J connectivity index is 2.13. The van der Waals surface area contributed by atoms with Gasteiger partial charge in [-0.1, -0.05) is 18.2 Å². The number of rotatable bonds is 4. The summed E-state index contributed by atoms with van der Waals surface area (Å²) in [6.07, 6.45) is 0.